The molecule has 0 aliphatic carbocycles. The summed E-state index contributed by atoms with van der Waals surface area (Å²) in [7, 11) is 0. The molecule has 0 saturated heterocycles. The van der Waals surface area contributed by atoms with E-state index in [-0.39, 0.29) is 6.04 Å². The van der Waals surface area contributed by atoms with Gasteiger partial charge in [0.05, 0.1) is 28.7 Å². The number of hydrogen-bond acceptors (Lipinski definition) is 6. The van der Waals surface area contributed by atoms with Crippen LogP contribution in [0.5, 0.6) is 0 Å². The Hall–Kier alpha value is -0.760. The Bertz CT molecular complexity index is 401. The van der Waals surface area contributed by atoms with Crippen molar-refractivity contribution in [2.45, 2.75) is 6.04 Å². The van der Waals surface area contributed by atoms with Gasteiger partial charge in [-0.1, -0.05) is 0 Å². The molecule has 2 heterocycles. The highest BCUT2D eigenvalue weighted by atomic mass is 79.9. The average Bonchev–Trinajstić information content (AvgIpc) is 2.80. The van der Waals surface area contributed by atoms with Crippen molar-refractivity contribution in [1.29, 1.82) is 0 Å². The van der Waals surface area contributed by atoms with Gasteiger partial charge in [0.2, 0.25) is 0 Å². The van der Waals surface area contributed by atoms with Crippen LogP contribution in [0.4, 0.5) is 0 Å². The van der Waals surface area contributed by atoms with E-state index in [1.54, 1.807) is 18.5 Å². The van der Waals surface area contributed by atoms with Gasteiger partial charge in [-0.25, -0.2) is 5.43 Å². The molecule has 7 heteroatoms. The monoisotopic (exact) mass is 274 g/mol. The third-order valence-corrected chi connectivity index (χ3v) is 2.90. The number of hydrazine groups is 1. The molecule has 1 unspecified atom stereocenters. The molecule has 5 nitrogen and oxygen atoms in total. The SMILES string of the molecule is NNC(c1cnsn1)c1occc1Br. The van der Waals surface area contributed by atoms with Crippen molar-refractivity contribution in [1.82, 2.24) is 14.2 Å². The lowest BCUT2D eigenvalue weighted by Crippen LogP contribution is -2.28. The first-order valence-electron chi connectivity index (χ1n) is 3.79. The molecule has 0 aliphatic heterocycles. The third kappa shape index (κ3) is 1.71. The molecule has 14 heavy (non-hydrogen) atoms. The summed E-state index contributed by atoms with van der Waals surface area (Å²) in [6.07, 6.45) is 3.24. The maximum atomic E-state index is 5.43. The normalized spacial score (nSPS) is 13.0. The minimum Gasteiger partial charge on any atom is -0.466 e. The lowest BCUT2D eigenvalue weighted by molar-refractivity contribution is 0.446. The number of aromatic nitrogens is 2. The predicted octanol–water partition coefficient (Wildman–Crippen LogP) is 1.45. The summed E-state index contributed by atoms with van der Waals surface area (Å²) in [5.74, 6) is 6.12. The Morgan fingerprint density at radius 3 is 3.00 bits per heavy atom. The van der Waals surface area contributed by atoms with Gasteiger partial charge in [-0.2, -0.15) is 8.75 Å². The van der Waals surface area contributed by atoms with Gasteiger partial charge in [-0.3, -0.25) is 5.84 Å². The average molecular weight is 275 g/mol. The smallest absolute Gasteiger partial charge is 0.142 e. The van der Waals surface area contributed by atoms with Crippen LogP contribution in [0.3, 0.4) is 0 Å². The molecular weight excluding hydrogens is 268 g/mol. The van der Waals surface area contributed by atoms with E-state index in [1.165, 1.54) is 0 Å². The zero-order valence-corrected chi connectivity index (χ0v) is 9.38. The molecule has 0 radical (unpaired) electrons. The molecule has 1 atom stereocenters. The molecule has 0 fully saturated rings. The van der Waals surface area contributed by atoms with E-state index in [2.05, 4.69) is 30.1 Å². The fourth-order valence-corrected chi connectivity index (χ4v) is 1.99. The third-order valence-electron chi connectivity index (χ3n) is 1.75. The number of hydrogen-bond donors (Lipinski definition) is 2. The van der Waals surface area contributed by atoms with Crippen LogP contribution >= 0.6 is 27.7 Å². The van der Waals surface area contributed by atoms with Crippen molar-refractivity contribution < 1.29 is 4.42 Å². The van der Waals surface area contributed by atoms with Crippen molar-refractivity contribution in [3.63, 3.8) is 0 Å². The van der Waals surface area contributed by atoms with Gasteiger partial charge in [0.15, 0.2) is 0 Å². The summed E-state index contributed by atoms with van der Waals surface area (Å²) in [6, 6.07) is 1.54. The lowest BCUT2D eigenvalue weighted by Gasteiger charge is -2.10. The minimum atomic E-state index is -0.266. The van der Waals surface area contributed by atoms with E-state index >= 15 is 0 Å². The summed E-state index contributed by atoms with van der Waals surface area (Å²) in [6.45, 7) is 0. The largest absolute Gasteiger partial charge is 0.466 e. The summed E-state index contributed by atoms with van der Waals surface area (Å²) in [5.41, 5.74) is 3.37. The number of nitrogens with zero attached hydrogens (tertiary/aromatic N) is 2. The fraction of sp³-hybridized carbons (Fsp3) is 0.143. The van der Waals surface area contributed by atoms with E-state index in [9.17, 15) is 0 Å². The van der Waals surface area contributed by atoms with Crippen LogP contribution in [0.1, 0.15) is 17.5 Å². The molecule has 0 amide bonds. The summed E-state index contributed by atoms with van der Waals surface area (Å²) >= 11 is 4.49. The number of nitrogens with two attached hydrogens (primary N) is 1. The van der Waals surface area contributed by atoms with Gasteiger partial charge in [0, 0.05) is 0 Å². The van der Waals surface area contributed by atoms with Crippen LogP contribution in [0.2, 0.25) is 0 Å². The molecule has 0 aliphatic rings. The first-order valence-corrected chi connectivity index (χ1v) is 5.31. The molecule has 2 aromatic heterocycles. The highest BCUT2D eigenvalue weighted by Crippen LogP contribution is 2.27. The van der Waals surface area contributed by atoms with Crippen LogP contribution in [-0.2, 0) is 0 Å². The first-order chi connectivity index (χ1) is 6.83. The molecule has 3 N–H and O–H groups in total. The molecule has 0 saturated carbocycles. The van der Waals surface area contributed by atoms with Crippen molar-refractivity contribution in [2.24, 2.45) is 5.84 Å². The lowest BCUT2D eigenvalue weighted by atomic mass is 10.2. The highest BCUT2D eigenvalue weighted by Gasteiger charge is 2.20. The zero-order valence-electron chi connectivity index (χ0n) is 6.98. The standard InChI is InChI=1S/C7H7BrN4OS/c8-4-1-2-13-7(4)6(11-9)5-3-10-14-12-5/h1-3,6,11H,9H2. The zero-order chi connectivity index (χ0) is 9.97. The highest BCUT2D eigenvalue weighted by molar-refractivity contribution is 9.10. The Kier molecular flexibility index (Phi) is 2.92. The van der Waals surface area contributed by atoms with Crippen LogP contribution in [0.25, 0.3) is 0 Å². The van der Waals surface area contributed by atoms with Gasteiger partial charge in [-0.05, 0) is 22.0 Å². The second kappa shape index (κ2) is 4.18. The molecule has 0 bridgehead atoms. The number of nitrogens with one attached hydrogen (secondary N) is 1. The second-order valence-corrected chi connectivity index (χ2v) is 3.98. The van der Waals surface area contributed by atoms with Gasteiger partial charge in [0.25, 0.3) is 0 Å². The van der Waals surface area contributed by atoms with Crippen molar-refractivity contribution in [3.8, 4) is 0 Å². The Labute approximate surface area is 92.7 Å². The van der Waals surface area contributed by atoms with Gasteiger partial charge in [-0.15, -0.1) is 0 Å². The minimum absolute atomic E-state index is 0.266. The van der Waals surface area contributed by atoms with Crippen LogP contribution in [-0.4, -0.2) is 8.75 Å². The van der Waals surface area contributed by atoms with Crippen molar-refractivity contribution >= 4 is 27.7 Å². The van der Waals surface area contributed by atoms with Crippen LogP contribution in [0, 0.1) is 0 Å². The Morgan fingerprint density at radius 1 is 1.64 bits per heavy atom. The summed E-state index contributed by atoms with van der Waals surface area (Å²) in [5, 5.41) is 0. The molecule has 2 aromatic rings. The number of halogens is 1. The topological polar surface area (TPSA) is 77.0 Å². The first kappa shape index (κ1) is 9.78. The van der Waals surface area contributed by atoms with E-state index in [0.717, 1.165) is 21.9 Å². The second-order valence-electron chi connectivity index (χ2n) is 2.56. The van der Waals surface area contributed by atoms with Crippen LogP contribution < -0.4 is 11.3 Å². The molecule has 0 aromatic carbocycles. The van der Waals surface area contributed by atoms with Crippen LogP contribution in [0.15, 0.2) is 27.4 Å². The van der Waals surface area contributed by atoms with E-state index < -0.39 is 0 Å². The predicted molar refractivity (Wildman–Crippen MR) is 55.5 cm³/mol. The van der Waals surface area contributed by atoms with Crippen molar-refractivity contribution in [3.05, 3.63) is 34.5 Å². The van der Waals surface area contributed by atoms with Gasteiger partial charge in [0.1, 0.15) is 17.5 Å². The quantitative estimate of drug-likeness (QED) is 0.654. The summed E-state index contributed by atoms with van der Waals surface area (Å²) < 4.78 is 14.1. The molecule has 2 rings (SSSR count). The van der Waals surface area contributed by atoms with E-state index in [4.69, 9.17) is 10.3 Å². The maximum absolute atomic E-state index is 5.43. The molecule has 74 valence electrons. The van der Waals surface area contributed by atoms with Crippen molar-refractivity contribution in [2.75, 3.05) is 0 Å². The fourth-order valence-electron chi connectivity index (χ4n) is 1.11. The van der Waals surface area contributed by atoms with Gasteiger partial charge >= 0.3 is 0 Å². The number of furan rings is 1. The van der Waals surface area contributed by atoms with E-state index in [1.807, 2.05) is 0 Å². The molecule has 0 spiro atoms. The summed E-state index contributed by atoms with van der Waals surface area (Å²) in [4.78, 5) is 0. The Balaban J connectivity index is 2.36. The molecular formula is C7H7BrN4OS. The van der Waals surface area contributed by atoms with Gasteiger partial charge < -0.3 is 4.42 Å². The Morgan fingerprint density at radius 2 is 2.50 bits per heavy atom. The number of rotatable bonds is 3. The van der Waals surface area contributed by atoms with E-state index in [0.29, 0.717) is 5.76 Å². The maximum Gasteiger partial charge on any atom is 0.142 e.